The Bertz CT molecular complexity index is 1240. The third kappa shape index (κ3) is 3.73. The van der Waals surface area contributed by atoms with Crippen LogP contribution < -0.4 is 15.6 Å². The second-order valence-corrected chi connectivity index (χ2v) is 6.59. The number of rotatable bonds is 5. The van der Waals surface area contributed by atoms with Crippen LogP contribution in [0.5, 0.6) is 5.75 Å². The van der Waals surface area contributed by atoms with Gasteiger partial charge in [0.1, 0.15) is 11.6 Å². The van der Waals surface area contributed by atoms with E-state index in [-0.39, 0.29) is 17.4 Å². The highest BCUT2D eigenvalue weighted by Gasteiger charge is 2.15. The van der Waals surface area contributed by atoms with Crippen molar-refractivity contribution in [3.63, 3.8) is 0 Å². The lowest BCUT2D eigenvalue weighted by Crippen LogP contribution is -2.21. The zero-order valence-electron chi connectivity index (χ0n) is 16.0. The summed E-state index contributed by atoms with van der Waals surface area (Å²) in [5.74, 6) is 1.20. The molecule has 8 heteroatoms. The number of benzene rings is 2. The summed E-state index contributed by atoms with van der Waals surface area (Å²) in [5, 5.41) is 10.7. The molecule has 0 unspecified atom stereocenters. The third-order valence-electron chi connectivity index (χ3n) is 4.62. The Morgan fingerprint density at radius 3 is 2.59 bits per heavy atom. The van der Waals surface area contributed by atoms with Gasteiger partial charge in [0, 0.05) is 30.4 Å². The quantitative estimate of drug-likeness (QED) is 0.546. The van der Waals surface area contributed by atoms with Gasteiger partial charge >= 0.3 is 0 Å². The Hall–Kier alpha value is -3.94. The first-order valence-electron chi connectivity index (χ1n) is 8.99. The molecule has 4 rings (SSSR count). The van der Waals surface area contributed by atoms with E-state index in [2.05, 4.69) is 20.5 Å². The molecule has 0 saturated carbocycles. The standard InChI is InChI=1S/C21H19N5O3/c1-26-12-17(15-5-3-4-6-16(15)20(26)28)19(27)23-21-22-18(24-25-21)11-13-7-9-14(29-2)10-8-13/h3-10,12H,11H2,1-2H3,(H2,22,23,24,25,27). The number of carbonyl (C=O) groups is 1. The maximum Gasteiger partial charge on any atom is 0.260 e. The van der Waals surface area contributed by atoms with Crippen LogP contribution in [0.2, 0.25) is 0 Å². The molecule has 8 nitrogen and oxygen atoms in total. The molecular formula is C21H19N5O3. The number of carbonyl (C=O) groups excluding carboxylic acids is 1. The fourth-order valence-electron chi connectivity index (χ4n) is 3.13. The van der Waals surface area contributed by atoms with Gasteiger partial charge in [-0.2, -0.15) is 4.98 Å². The SMILES string of the molecule is COc1ccc(Cc2nc(NC(=O)c3cn(C)c(=O)c4ccccc34)n[nH]2)cc1. The summed E-state index contributed by atoms with van der Waals surface area (Å²) < 4.78 is 6.54. The van der Waals surface area contributed by atoms with E-state index < -0.39 is 0 Å². The van der Waals surface area contributed by atoms with Gasteiger partial charge in [0.15, 0.2) is 0 Å². The normalized spacial score (nSPS) is 10.8. The lowest BCUT2D eigenvalue weighted by molar-refractivity contribution is 0.102. The largest absolute Gasteiger partial charge is 0.497 e. The number of fused-ring (bicyclic) bond motifs is 1. The Balaban J connectivity index is 1.55. The molecule has 2 N–H and O–H groups in total. The molecule has 0 atom stereocenters. The highest BCUT2D eigenvalue weighted by Crippen LogP contribution is 2.17. The number of aromatic amines is 1. The lowest BCUT2D eigenvalue weighted by atomic mass is 10.1. The highest BCUT2D eigenvalue weighted by molar-refractivity contribution is 6.12. The topological polar surface area (TPSA) is 102 Å². The van der Waals surface area contributed by atoms with Crippen LogP contribution in [0.25, 0.3) is 10.8 Å². The number of ether oxygens (including phenoxy) is 1. The van der Waals surface area contributed by atoms with E-state index in [0.29, 0.717) is 28.6 Å². The Kier molecular flexibility index (Phi) is 4.82. The van der Waals surface area contributed by atoms with E-state index in [9.17, 15) is 9.59 Å². The third-order valence-corrected chi connectivity index (χ3v) is 4.62. The predicted octanol–water partition coefficient (Wildman–Crippen LogP) is 2.51. The number of hydrogen-bond donors (Lipinski definition) is 2. The number of hydrogen-bond acceptors (Lipinski definition) is 5. The van der Waals surface area contributed by atoms with Gasteiger partial charge in [0.25, 0.3) is 11.5 Å². The van der Waals surface area contributed by atoms with E-state index in [1.165, 1.54) is 10.8 Å². The molecule has 4 aromatic rings. The van der Waals surface area contributed by atoms with Crippen molar-refractivity contribution in [3.8, 4) is 5.75 Å². The van der Waals surface area contributed by atoms with Crippen LogP contribution in [-0.4, -0.2) is 32.8 Å². The molecule has 0 spiro atoms. The van der Waals surface area contributed by atoms with Crippen molar-refractivity contribution in [2.75, 3.05) is 12.4 Å². The van der Waals surface area contributed by atoms with Crippen LogP contribution in [0.4, 0.5) is 5.95 Å². The number of methoxy groups -OCH3 is 1. The van der Waals surface area contributed by atoms with Crippen molar-refractivity contribution < 1.29 is 9.53 Å². The molecule has 2 aromatic carbocycles. The van der Waals surface area contributed by atoms with Crippen LogP contribution in [0.15, 0.2) is 59.5 Å². The van der Waals surface area contributed by atoms with Gasteiger partial charge in [-0.05, 0) is 23.8 Å². The number of nitrogens with zero attached hydrogens (tertiary/aromatic N) is 3. The number of anilines is 1. The van der Waals surface area contributed by atoms with E-state index in [1.54, 1.807) is 38.4 Å². The number of H-pyrrole nitrogens is 1. The van der Waals surface area contributed by atoms with Crippen molar-refractivity contribution in [3.05, 3.63) is 82.0 Å². The lowest BCUT2D eigenvalue weighted by Gasteiger charge is -2.08. The minimum atomic E-state index is -0.383. The molecule has 0 aliphatic carbocycles. The van der Waals surface area contributed by atoms with Crippen LogP contribution in [0.1, 0.15) is 21.7 Å². The molecule has 0 fully saturated rings. The average Bonchev–Trinajstić information content (AvgIpc) is 3.18. The van der Waals surface area contributed by atoms with Crippen molar-refractivity contribution in [1.82, 2.24) is 19.7 Å². The average molecular weight is 389 g/mol. The minimum Gasteiger partial charge on any atom is -0.497 e. The smallest absolute Gasteiger partial charge is 0.260 e. The highest BCUT2D eigenvalue weighted by atomic mass is 16.5. The van der Waals surface area contributed by atoms with Crippen molar-refractivity contribution in [2.45, 2.75) is 6.42 Å². The van der Waals surface area contributed by atoms with E-state index in [1.807, 2.05) is 24.3 Å². The molecule has 0 radical (unpaired) electrons. The first-order valence-corrected chi connectivity index (χ1v) is 8.99. The Morgan fingerprint density at radius 1 is 1.14 bits per heavy atom. The van der Waals surface area contributed by atoms with Crippen LogP contribution in [0, 0.1) is 0 Å². The number of aryl methyl sites for hydroxylation is 1. The van der Waals surface area contributed by atoms with Gasteiger partial charge in [0.2, 0.25) is 5.95 Å². The number of pyridine rings is 1. The van der Waals surface area contributed by atoms with Crippen molar-refractivity contribution >= 4 is 22.6 Å². The van der Waals surface area contributed by atoms with E-state index >= 15 is 0 Å². The monoisotopic (exact) mass is 389 g/mol. The van der Waals surface area contributed by atoms with Gasteiger partial charge < -0.3 is 9.30 Å². The van der Waals surface area contributed by atoms with Crippen LogP contribution >= 0.6 is 0 Å². The van der Waals surface area contributed by atoms with Gasteiger partial charge in [-0.15, -0.1) is 5.10 Å². The Morgan fingerprint density at radius 2 is 1.86 bits per heavy atom. The molecule has 0 bridgehead atoms. The van der Waals surface area contributed by atoms with Gasteiger partial charge in [-0.1, -0.05) is 30.3 Å². The zero-order valence-corrected chi connectivity index (χ0v) is 16.0. The molecule has 0 aliphatic rings. The summed E-state index contributed by atoms with van der Waals surface area (Å²) in [6, 6.07) is 14.6. The zero-order chi connectivity index (χ0) is 20.4. The Labute approximate surface area is 166 Å². The predicted molar refractivity (Wildman–Crippen MR) is 109 cm³/mol. The maximum absolute atomic E-state index is 12.8. The van der Waals surface area contributed by atoms with E-state index in [4.69, 9.17) is 4.74 Å². The first-order chi connectivity index (χ1) is 14.0. The number of nitrogens with one attached hydrogen (secondary N) is 2. The molecule has 146 valence electrons. The van der Waals surface area contributed by atoms with Gasteiger partial charge in [-0.3, -0.25) is 20.0 Å². The fourth-order valence-corrected chi connectivity index (χ4v) is 3.13. The summed E-state index contributed by atoms with van der Waals surface area (Å²) in [6.07, 6.45) is 2.06. The van der Waals surface area contributed by atoms with Crippen molar-refractivity contribution in [1.29, 1.82) is 0 Å². The van der Waals surface area contributed by atoms with Crippen LogP contribution in [0.3, 0.4) is 0 Å². The summed E-state index contributed by atoms with van der Waals surface area (Å²) in [7, 11) is 3.24. The maximum atomic E-state index is 12.8. The van der Waals surface area contributed by atoms with Crippen molar-refractivity contribution in [2.24, 2.45) is 7.05 Å². The molecule has 0 saturated heterocycles. The molecule has 0 aliphatic heterocycles. The molecule has 1 amide bonds. The molecule has 29 heavy (non-hydrogen) atoms. The van der Waals surface area contributed by atoms with Gasteiger partial charge in [-0.25, -0.2) is 0 Å². The second-order valence-electron chi connectivity index (χ2n) is 6.59. The molecule has 2 aromatic heterocycles. The van der Waals surface area contributed by atoms with E-state index in [0.717, 1.165) is 11.3 Å². The number of aromatic nitrogens is 4. The minimum absolute atomic E-state index is 0.156. The molecule has 2 heterocycles. The summed E-state index contributed by atoms with van der Waals surface area (Å²) in [4.78, 5) is 29.4. The summed E-state index contributed by atoms with van der Waals surface area (Å²) in [6.45, 7) is 0. The summed E-state index contributed by atoms with van der Waals surface area (Å²) in [5.41, 5.74) is 1.25. The molecular weight excluding hydrogens is 370 g/mol. The first kappa shape index (κ1) is 18.4. The fraction of sp³-hybridized carbons (Fsp3) is 0.143. The van der Waals surface area contributed by atoms with Gasteiger partial charge in [0.05, 0.1) is 12.7 Å². The van der Waals surface area contributed by atoms with Crippen LogP contribution in [-0.2, 0) is 13.5 Å². The summed E-state index contributed by atoms with van der Waals surface area (Å²) >= 11 is 0. The second kappa shape index (κ2) is 7.59. The number of amides is 1.